The van der Waals surface area contributed by atoms with E-state index in [1.807, 2.05) is 61.5 Å². The van der Waals surface area contributed by atoms with Crippen LogP contribution >= 0.6 is 0 Å². The highest BCUT2D eigenvalue weighted by molar-refractivity contribution is 7.91. The lowest BCUT2D eigenvalue weighted by molar-refractivity contribution is 0.233. The minimum atomic E-state index is -3.58. The molecule has 7 heteroatoms. The summed E-state index contributed by atoms with van der Waals surface area (Å²) < 4.78 is 28.7. The van der Waals surface area contributed by atoms with Crippen LogP contribution in [0.4, 0.5) is 4.79 Å². The number of nitrogens with one attached hydrogen (secondary N) is 2. The molecule has 1 aliphatic rings. The van der Waals surface area contributed by atoms with Gasteiger partial charge in [-0.25, -0.2) is 13.2 Å². The van der Waals surface area contributed by atoms with Crippen LogP contribution in [0.5, 0.6) is 0 Å². The molecule has 0 spiro atoms. The molecule has 2 amide bonds. The Morgan fingerprint density at radius 2 is 1.69 bits per heavy atom. The van der Waals surface area contributed by atoms with Crippen LogP contribution in [0.2, 0.25) is 0 Å². The summed E-state index contributed by atoms with van der Waals surface area (Å²) in [6.45, 7) is 2.54. The molecule has 32 heavy (non-hydrogen) atoms. The van der Waals surface area contributed by atoms with Gasteiger partial charge in [0, 0.05) is 35.7 Å². The lowest BCUT2D eigenvalue weighted by atomic mass is 9.96. The fourth-order valence-electron chi connectivity index (χ4n) is 4.65. The Labute approximate surface area is 189 Å². The molecule has 0 saturated heterocycles. The minimum Gasteiger partial charge on any atom is -0.339 e. The van der Waals surface area contributed by atoms with E-state index < -0.39 is 9.84 Å². The van der Waals surface area contributed by atoms with Gasteiger partial charge in [0.25, 0.3) is 0 Å². The number of hydrogen-bond acceptors (Lipinski definition) is 3. The molecule has 1 aliphatic carbocycles. The van der Waals surface area contributed by atoms with Crippen LogP contribution in [0.25, 0.3) is 10.9 Å². The maximum Gasteiger partial charge on any atom is 0.315 e. The maximum atomic E-state index is 13.3. The quantitative estimate of drug-likeness (QED) is 0.556. The van der Waals surface area contributed by atoms with Crippen LogP contribution < -0.4 is 10.6 Å². The molecule has 3 aromatic rings. The Bertz CT molecular complexity index is 1180. The summed E-state index contributed by atoms with van der Waals surface area (Å²) in [7, 11) is -3.58. The van der Waals surface area contributed by atoms with Gasteiger partial charge >= 0.3 is 6.03 Å². The summed E-state index contributed by atoms with van der Waals surface area (Å²) >= 11 is 0. The molecule has 0 radical (unpaired) electrons. The van der Waals surface area contributed by atoms with E-state index in [0.29, 0.717) is 11.4 Å². The third-order valence-electron chi connectivity index (χ3n) is 6.26. The maximum absolute atomic E-state index is 13.3. The van der Waals surface area contributed by atoms with Gasteiger partial charge in [0.05, 0.1) is 10.6 Å². The third-order valence-corrected chi connectivity index (χ3v) is 8.14. The SMILES string of the molecule is Cc1c(S(=O)(=O)CCNC(=O)NC2CCCCC2)c2ccccc2n1Cc1ccccc1. The zero-order valence-corrected chi connectivity index (χ0v) is 19.3. The molecule has 0 bridgehead atoms. The number of amides is 2. The van der Waals surface area contributed by atoms with Crippen molar-refractivity contribution < 1.29 is 13.2 Å². The number of para-hydroxylation sites is 1. The smallest absolute Gasteiger partial charge is 0.315 e. The second-order valence-electron chi connectivity index (χ2n) is 8.56. The molecule has 4 rings (SSSR count). The number of nitrogens with zero attached hydrogens (tertiary/aromatic N) is 1. The van der Waals surface area contributed by atoms with Crippen LogP contribution in [0.15, 0.2) is 59.5 Å². The first kappa shape index (κ1) is 22.4. The third kappa shape index (κ3) is 4.99. The number of aromatic nitrogens is 1. The molecule has 170 valence electrons. The minimum absolute atomic E-state index is 0.0819. The lowest BCUT2D eigenvalue weighted by Crippen LogP contribution is -2.44. The van der Waals surface area contributed by atoms with Crippen LogP contribution in [0.1, 0.15) is 43.4 Å². The molecule has 2 N–H and O–H groups in total. The van der Waals surface area contributed by atoms with Crippen molar-refractivity contribution in [3.05, 3.63) is 65.9 Å². The Morgan fingerprint density at radius 1 is 1.00 bits per heavy atom. The molecule has 2 aromatic carbocycles. The average Bonchev–Trinajstić information content (AvgIpc) is 3.07. The zero-order valence-electron chi connectivity index (χ0n) is 18.5. The van der Waals surface area contributed by atoms with Crippen molar-refractivity contribution in [2.24, 2.45) is 0 Å². The summed E-state index contributed by atoms with van der Waals surface area (Å²) in [6.07, 6.45) is 5.46. The van der Waals surface area contributed by atoms with Gasteiger partial charge < -0.3 is 15.2 Å². The molecular formula is C25H31N3O3S. The van der Waals surface area contributed by atoms with E-state index in [9.17, 15) is 13.2 Å². The fraction of sp³-hybridized carbons (Fsp3) is 0.400. The zero-order chi connectivity index (χ0) is 22.6. The first-order valence-electron chi connectivity index (χ1n) is 11.3. The number of urea groups is 1. The van der Waals surface area contributed by atoms with Gasteiger partial charge in [-0.15, -0.1) is 0 Å². The summed E-state index contributed by atoms with van der Waals surface area (Å²) in [6, 6.07) is 17.5. The summed E-state index contributed by atoms with van der Waals surface area (Å²) in [5.41, 5.74) is 2.73. The van der Waals surface area contributed by atoms with E-state index in [2.05, 4.69) is 15.2 Å². The van der Waals surface area contributed by atoms with E-state index in [1.54, 1.807) is 0 Å². The number of benzene rings is 2. The van der Waals surface area contributed by atoms with Gasteiger partial charge in [-0.2, -0.15) is 0 Å². The molecule has 1 aromatic heterocycles. The summed E-state index contributed by atoms with van der Waals surface area (Å²) in [4.78, 5) is 12.6. The highest BCUT2D eigenvalue weighted by Crippen LogP contribution is 2.31. The lowest BCUT2D eigenvalue weighted by Gasteiger charge is -2.22. The van der Waals surface area contributed by atoms with Gasteiger partial charge in [-0.05, 0) is 31.4 Å². The van der Waals surface area contributed by atoms with Crippen molar-refractivity contribution in [2.45, 2.75) is 56.5 Å². The Kier molecular flexibility index (Phi) is 6.84. The number of sulfone groups is 1. The molecule has 1 heterocycles. The van der Waals surface area contributed by atoms with Gasteiger partial charge in [-0.1, -0.05) is 67.8 Å². The van der Waals surface area contributed by atoms with E-state index in [4.69, 9.17) is 0 Å². The van der Waals surface area contributed by atoms with Crippen molar-refractivity contribution in [3.63, 3.8) is 0 Å². The van der Waals surface area contributed by atoms with Gasteiger partial charge in [0.15, 0.2) is 9.84 Å². The second kappa shape index (κ2) is 9.77. The topological polar surface area (TPSA) is 80.2 Å². The Balaban J connectivity index is 1.50. The standard InChI is InChI=1S/C25H31N3O3S/c1-19-24(32(30,31)17-16-26-25(29)27-21-12-6-3-7-13-21)22-14-8-9-15-23(22)28(19)18-20-10-4-2-5-11-20/h2,4-5,8-11,14-15,21H,3,6-7,12-13,16-18H2,1H3,(H2,26,27,29). The van der Waals surface area contributed by atoms with Crippen LogP contribution in [-0.4, -0.2) is 37.4 Å². The number of carbonyl (C=O) groups is 1. The normalized spacial score (nSPS) is 15.0. The highest BCUT2D eigenvalue weighted by Gasteiger charge is 2.25. The van der Waals surface area contributed by atoms with Crippen molar-refractivity contribution in [1.29, 1.82) is 0 Å². The van der Waals surface area contributed by atoms with E-state index in [-0.39, 0.29) is 24.4 Å². The van der Waals surface area contributed by atoms with Gasteiger partial charge in [0.2, 0.25) is 0 Å². The predicted molar refractivity (Wildman–Crippen MR) is 128 cm³/mol. The molecule has 0 aliphatic heterocycles. The fourth-order valence-corrected chi connectivity index (χ4v) is 6.29. The Hall–Kier alpha value is -2.80. The molecule has 6 nitrogen and oxygen atoms in total. The molecule has 0 unspecified atom stereocenters. The first-order valence-corrected chi connectivity index (χ1v) is 13.0. The molecule has 0 atom stereocenters. The van der Waals surface area contributed by atoms with Crippen LogP contribution in [0.3, 0.4) is 0 Å². The number of carbonyl (C=O) groups excluding carboxylic acids is 1. The van der Waals surface area contributed by atoms with Gasteiger partial charge in [-0.3, -0.25) is 0 Å². The van der Waals surface area contributed by atoms with Gasteiger partial charge in [0.1, 0.15) is 0 Å². The summed E-state index contributed by atoms with van der Waals surface area (Å²) in [5.74, 6) is -0.134. The van der Waals surface area contributed by atoms with E-state index in [0.717, 1.165) is 47.8 Å². The van der Waals surface area contributed by atoms with Crippen molar-refractivity contribution >= 4 is 26.8 Å². The van der Waals surface area contributed by atoms with E-state index in [1.165, 1.54) is 6.42 Å². The average molecular weight is 454 g/mol. The Morgan fingerprint density at radius 3 is 2.44 bits per heavy atom. The van der Waals surface area contributed by atoms with Crippen molar-refractivity contribution in [1.82, 2.24) is 15.2 Å². The second-order valence-corrected chi connectivity index (χ2v) is 10.6. The van der Waals surface area contributed by atoms with Crippen molar-refractivity contribution in [2.75, 3.05) is 12.3 Å². The predicted octanol–water partition coefficient (Wildman–Crippen LogP) is 4.40. The monoisotopic (exact) mass is 453 g/mol. The molecule has 1 fully saturated rings. The molecular weight excluding hydrogens is 422 g/mol. The van der Waals surface area contributed by atoms with Crippen LogP contribution in [-0.2, 0) is 16.4 Å². The molecule has 1 saturated carbocycles. The van der Waals surface area contributed by atoms with E-state index >= 15 is 0 Å². The first-order chi connectivity index (χ1) is 15.5. The van der Waals surface area contributed by atoms with Crippen molar-refractivity contribution in [3.8, 4) is 0 Å². The highest BCUT2D eigenvalue weighted by atomic mass is 32.2. The largest absolute Gasteiger partial charge is 0.339 e. The number of rotatable bonds is 7. The number of fused-ring (bicyclic) bond motifs is 1. The van der Waals surface area contributed by atoms with Crippen LogP contribution in [0, 0.1) is 6.92 Å². The summed E-state index contributed by atoms with van der Waals surface area (Å²) in [5, 5.41) is 6.43. The number of hydrogen-bond donors (Lipinski definition) is 2.